The fraction of sp³-hybridized carbons (Fsp3) is 0.867. The van der Waals surface area contributed by atoms with Gasteiger partial charge in [-0.3, -0.25) is 9.59 Å². The van der Waals surface area contributed by atoms with Gasteiger partial charge in [-0.2, -0.15) is 0 Å². The molecule has 0 heterocycles. The Balaban J connectivity index is 3.38. The smallest absolute Gasteiger partial charge is 0.308 e. The molecule has 124 valence electrons. The number of carboxylic acids is 1. The van der Waals surface area contributed by atoms with Gasteiger partial charge in [0.25, 0.3) is 0 Å². The molecular formula is C15H28O6. The summed E-state index contributed by atoms with van der Waals surface area (Å²) in [4.78, 5) is 21.6. The van der Waals surface area contributed by atoms with Crippen molar-refractivity contribution < 1.29 is 28.9 Å². The maximum absolute atomic E-state index is 11.3. The minimum atomic E-state index is -0.914. The van der Waals surface area contributed by atoms with Crippen LogP contribution in [0.25, 0.3) is 0 Å². The topological polar surface area (TPSA) is 82.1 Å². The van der Waals surface area contributed by atoms with Crippen molar-refractivity contribution in [3.05, 3.63) is 0 Å². The third-order valence-electron chi connectivity index (χ3n) is 2.79. The molecule has 0 aromatic carbocycles. The maximum atomic E-state index is 11.3. The Morgan fingerprint density at radius 1 is 1.00 bits per heavy atom. The van der Waals surface area contributed by atoms with Crippen molar-refractivity contribution in [2.24, 2.45) is 0 Å². The Bertz CT molecular complexity index is 279. The second kappa shape index (κ2) is 13.8. The molecule has 0 aliphatic carbocycles. The third-order valence-corrected chi connectivity index (χ3v) is 2.79. The van der Waals surface area contributed by atoms with E-state index < -0.39 is 18.2 Å². The molecule has 0 radical (unpaired) electrons. The van der Waals surface area contributed by atoms with E-state index in [1.54, 1.807) is 6.92 Å². The second-order valence-electron chi connectivity index (χ2n) is 4.85. The van der Waals surface area contributed by atoms with Gasteiger partial charge >= 0.3 is 11.9 Å². The molecule has 0 fully saturated rings. The fourth-order valence-electron chi connectivity index (χ4n) is 1.67. The van der Waals surface area contributed by atoms with Crippen molar-refractivity contribution in [3.63, 3.8) is 0 Å². The number of hydrogen-bond acceptors (Lipinski definition) is 5. The average molecular weight is 304 g/mol. The number of carbonyl (C=O) groups is 2. The van der Waals surface area contributed by atoms with Gasteiger partial charge in [-0.25, -0.2) is 0 Å². The van der Waals surface area contributed by atoms with Gasteiger partial charge in [0.05, 0.1) is 13.2 Å². The zero-order valence-electron chi connectivity index (χ0n) is 13.1. The van der Waals surface area contributed by atoms with Crippen LogP contribution < -0.4 is 0 Å². The lowest BCUT2D eigenvalue weighted by atomic mass is 10.2. The van der Waals surface area contributed by atoms with Gasteiger partial charge in [0.1, 0.15) is 0 Å². The molecule has 21 heavy (non-hydrogen) atoms. The molecule has 0 aliphatic heterocycles. The Morgan fingerprint density at radius 2 is 1.76 bits per heavy atom. The minimum Gasteiger partial charge on any atom is -0.481 e. The number of carbonyl (C=O) groups excluding carboxylic acids is 1. The van der Waals surface area contributed by atoms with E-state index >= 15 is 0 Å². The average Bonchev–Trinajstić information content (AvgIpc) is 2.41. The largest absolute Gasteiger partial charge is 0.481 e. The van der Waals surface area contributed by atoms with Crippen LogP contribution in [0, 0.1) is 0 Å². The summed E-state index contributed by atoms with van der Waals surface area (Å²) in [5.74, 6) is -1.35. The first-order valence-electron chi connectivity index (χ1n) is 7.66. The monoisotopic (exact) mass is 304 g/mol. The molecule has 0 saturated carbocycles. The first kappa shape index (κ1) is 19.9. The highest BCUT2D eigenvalue weighted by Gasteiger charge is 2.10. The number of aliphatic carboxylic acids is 1. The van der Waals surface area contributed by atoms with Crippen molar-refractivity contribution in [3.8, 4) is 0 Å². The maximum Gasteiger partial charge on any atom is 0.308 e. The molecule has 6 nitrogen and oxygen atoms in total. The van der Waals surface area contributed by atoms with E-state index in [-0.39, 0.29) is 19.3 Å². The summed E-state index contributed by atoms with van der Waals surface area (Å²) >= 11 is 0. The summed E-state index contributed by atoms with van der Waals surface area (Å²) < 4.78 is 15.7. The van der Waals surface area contributed by atoms with Crippen LogP contribution in [0.1, 0.15) is 58.8 Å². The molecule has 0 bridgehead atoms. The van der Waals surface area contributed by atoms with Gasteiger partial charge in [-0.15, -0.1) is 0 Å². The molecule has 6 heteroatoms. The minimum absolute atomic E-state index is 0.0315. The summed E-state index contributed by atoms with van der Waals surface area (Å²) in [6, 6.07) is 0. The molecule has 0 aromatic rings. The summed E-state index contributed by atoms with van der Waals surface area (Å²) in [7, 11) is 0. The third kappa shape index (κ3) is 15.1. The van der Waals surface area contributed by atoms with Crippen molar-refractivity contribution in [1.29, 1.82) is 0 Å². The fourth-order valence-corrected chi connectivity index (χ4v) is 1.67. The Labute approximate surface area is 126 Å². The van der Waals surface area contributed by atoms with Crippen LogP contribution in [0.2, 0.25) is 0 Å². The van der Waals surface area contributed by atoms with Crippen LogP contribution in [-0.2, 0) is 23.8 Å². The van der Waals surface area contributed by atoms with Crippen LogP contribution >= 0.6 is 0 Å². The van der Waals surface area contributed by atoms with Crippen LogP contribution in [0.3, 0.4) is 0 Å². The molecule has 0 rings (SSSR count). The number of carboxylic acid groups (broad SMARTS) is 1. The molecule has 0 saturated heterocycles. The SMILES string of the molecule is CCCCCCOCCOC(C)OC(=O)CCCC(=O)O. The number of unbranched alkanes of at least 4 members (excludes halogenated alkanes) is 3. The molecule has 1 N–H and O–H groups in total. The first-order valence-corrected chi connectivity index (χ1v) is 7.66. The predicted molar refractivity (Wildman–Crippen MR) is 78.0 cm³/mol. The van der Waals surface area contributed by atoms with Crippen molar-refractivity contribution in [2.75, 3.05) is 19.8 Å². The summed E-state index contributed by atoms with van der Waals surface area (Å²) in [6.07, 6.45) is 4.38. The lowest BCUT2D eigenvalue weighted by Gasteiger charge is -2.14. The normalized spacial score (nSPS) is 12.1. The quantitative estimate of drug-likeness (QED) is 0.302. The van der Waals surface area contributed by atoms with Crippen molar-refractivity contribution in [1.82, 2.24) is 0 Å². The van der Waals surface area contributed by atoms with Gasteiger partial charge in [-0.05, 0) is 19.8 Å². The number of rotatable bonds is 14. The molecule has 1 atom stereocenters. The van der Waals surface area contributed by atoms with Crippen LogP contribution in [0.4, 0.5) is 0 Å². The van der Waals surface area contributed by atoms with E-state index in [1.807, 2.05) is 0 Å². The number of hydrogen-bond donors (Lipinski definition) is 1. The van der Waals surface area contributed by atoms with Crippen molar-refractivity contribution >= 4 is 11.9 Å². The van der Waals surface area contributed by atoms with Gasteiger partial charge in [0.15, 0.2) is 6.29 Å². The summed E-state index contributed by atoms with van der Waals surface area (Å²) in [5, 5.41) is 8.45. The molecular weight excluding hydrogens is 276 g/mol. The van der Waals surface area contributed by atoms with Gasteiger partial charge in [-0.1, -0.05) is 26.2 Å². The second-order valence-corrected chi connectivity index (χ2v) is 4.85. The molecule has 0 spiro atoms. The van der Waals surface area contributed by atoms with Gasteiger partial charge in [0.2, 0.25) is 0 Å². The van der Waals surface area contributed by atoms with E-state index in [0.717, 1.165) is 13.0 Å². The Morgan fingerprint density at radius 3 is 2.43 bits per heavy atom. The highest BCUT2D eigenvalue weighted by Crippen LogP contribution is 2.02. The molecule has 1 unspecified atom stereocenters. The highest BCUT2D eigenvalue weighted by atomic mass is 16.7. The van der Waals surface area contributed by atoms with E-state index in [0.29, 0.717) is 13.2 Å². The van der Waals surface area contributed by atoms with Crippen molar-refractivity contribution in [2.45, 2.75) is 65.1 Å². The summed E-state index contributed by atoms with van der Waals surface area (Å²) in [6.45, 7) is 5.38. The lowest BCUT2D eigenvalue weighted by Crippen LogP contribution is -2.20. The van der Waals surface area contributed by atoms with Crippen LogP contribution in [-0.4, -0.2) is 43.2 Å². The van der Waals surface area contributed by atoms with Crippen LogP contribution in [0.5, 0.6) is 0 Å². The first-order chi connectivity index (χ1) is 10.1. The Hall–Kier alpha value is -1.14. The van der Waals surface area contributed by atoms with E-state index in [4.69, 9.17) is 19.3 Å². The van der Waals surface area contributed by atoms with E-state index in [9.17, 15) is 9.59 Å². The molecule has 0 aromatic heterocycles. The number of ether oxygens (including phenoxy) is 3. The predicted octanol–water partition coefficient (Wildman–Crippen LogP) is 2.74. The van der Waals surface area contributed by atoms with Gasteiger partial charge < -0.3 is 19.3 Å². The molecule has 0 aliphatic rings. The molecule has 0 amide bonds. The van der Waals surface area contributed by atoms with E-state index in [1.165, 1.54) is 19.3 Å². The number of esters is 1. The highest BCUT2D eigenvalue weighted by molar-refractivity contribution is 5.71. The zero-order chi connectivity index (χ0) is 15.9. The summed E-state index contributed by atoms with van der Waals surface area (Å²) in [5.41, 5.74) is 0. The Kier molecular flexibility index (Phi) is 13.1. The van der Waals surface area contributed by atoms with Gasteiger partial charge in [0, 0.05) is 19.4 Å². The lowest BCUT2D eigenvalue weighted by molar-refractivity contribution is -0.177. The zero-order valence-corrected chi connectivity index (χ0v) is 13.1. The standard InChI is InChI=1S/C15H28O6/c1-3-4-5-6-10-19-11-12-20-13(2)21-15(18)9-7-8-14(16)17/h13H,3-12H2,1-2H3,(H,16,17). The van der Waals surface area contributed by atoms with E-state index in [2.05, 4.69) is 6.92 Å². The van der Waals surface area contributed by atoms with Crippen LogP contribution in [0.15, 0.2) is 0 Å².